The Balaban J connectivity index is 1.54. The summed E-state index contributed by atoms with van der Waals surface area (Å²) in [5, 5.41) is 6.53. The first-order chi connectivity index (χ1) is 15.1. The Morgan fingerprint density at radius 2 is 1.71 bits per heavy atom. The highest BCUT2D eigenvalue weighted by molar-refractivity contribution is 7.13. The van der Waals surface area contributed by atoms with Gasteiger partial charge in [-0.1, -0.05) is 35.9 Å². The fourth-order valence-electron chi connectivity index (χ4n) is 3.07. The lowest BCUT2D eigenvalue weighted by Crippen LogP contribution is -2.12. The summed E-state index contributed by atoms with van der Waals surface area (Å²) < 4.78 is 10.5. The van der Waals surface area contributed by atoms with Gasteiger partial charge in [-0.05, 0) is 42.5 Å². The summed E-state index contributed by atoms with van der Waals surface area (Å²) in [6, 6.07) is 20.2. The highest BCUT2D eigenvalue weighted by Crippen LogP contribution is 2.31. The van der Waals surface area contributed by atoms with E-state index in [2.05, 4.69) is 5.32 Å². The Labute approximate surface area is 189 Å². The van der Waals surface area contributed by atoms with Crippen LogP contribution in [0.15, 0.2) is 72.1 Å². The molecule has 31 heavy (non-hydrogen) atoms. The van der Waals surface area contributed by atoms with Crippen LogP contribution in [0.4, 0.5) is 5.69 Å². The second-order valence-corrected chi connectivity index (χ2v) is 7.94. The number of thiazole rings is 1. The van der Waals surface area contributed by atoms with Crippen molar-refractivity contribution >= 4 is 34.5 Å². The average molecular weight is 451 g/mol. The van der Waals surface area contributed by atoms with Gasteiger partial charge in [0.25, 0.3) is 5.91 Å². The largest absolute Gasteiger partial charge is 0.493 e. The molecule has 156 valence electrons. The second-order valence-electron chi connectivity index (χ2n) is 6.65. The minimum atomic E-state index is -0.238. The first kappa shape index (κ1) is 20.9. The fourth-order valence-corrected chi connectivity index (χ4v) is 4.03. The first-order valence-electron chi connectivity index (χ1n) is 9.42. The summed E-state index contributed by atoms with van der Waals surface area (Å²) in [6.45, 7) is 0. The van der Waals surface area contributed by atoms with Crippen LogP contribution < -0.4 is 14.8 Å². The number of methoxy groups -OCH3 is 2. The lowest BCUT2D eigenvalue weighted by Gasteiger charge is -2.10. The molecule has 0 fully saturated rings. The molecule has 0 saturated heterocycles. The zero-order valence-corrected chi connectivity index (χ0v) is 18.5. The Kier molecular flexibility index (Phi) is 6.21. The van der Waals surface area contributed by atoms with Gasteiger partial charge in [0.1, 0.15) is 5.01 Å². The van der Waals surface area contributed by atoms with Gasteiger partial charge in [0.05, 0.1) is 19.9 Å². The Morgan fingerprint density at radius 1 is 0.935 bits per heavy atom. The third-order valence-corrected chi connectivity index (χ3v) is 5.80. The molecule has 1 amide bonds. The van der Waals surface area contributed by atoms with Gasteiger partial charge in [-0.3, -0.25) is 4.79 Å². The van der Waals surface area contributed by atoms with Crippen molar-refractivity contribution in [1.29, 1.82) is 0 Å². The maximum Gasteiger partial charge on any atom is 0.255 e. The smallest absolute Gasteiger partial charge is 0.255 e. The highest BCUT2D eigenvalue weighted by atomic mass is 35.5. The van der Waals surface area contributed by atoms with Crippen LogP contribution in [0.3, 0.4) is 0 Å². The summed E-state index contributed by atoms with van der Waals surface area (Å²) in [6.07, 6.45) is 0. The van der Waals surface area contributed by atoms with Crippen LogP contribution in [-0.2, 0) is 0 Å². The molecule has 0 aliphatic rings. The molecule has 0 spiro atoms. The molecule has 4 aromatic rings. The maximum atomic E-state index is 12.7. The van der Waals surface area contributed by atoms with E-state index in [0.717, 1.165) is 21.8 Å². The molecule has 7 heteroatoms. The topological polar surface area (TPSA) is 60.5 Å². The van der Waals surface area contributed by atoms with Gasteiger partial charge < -0.3 is 14.8 Å². The predicted molar refractivity (Wildman–Crippen MR) is 125 cm³/mol. The molecule has 0 aliphatic heterocycles. The molecule has 0 atom stereocenters. The van der Waals surface area contributed by atoms with Crippen molar-refractivity contribution in [1.82, 2.24) is 4.98 Å². The van der Waals surface area contributed by atoms with E-state index >= 15 is 0 Å². The number of ether oxygens (including phenoxy) is 2. The van der Waals surface area contributed by atoms with E-state index in [1.807, 2.05) is 53.9 Å². The summed E-state index contributed by atoms with van der Waals surface area (Å²) in [7, 11) is 3.09. The van der Waals surface area contributed by atoms with E-state index < -0.39 is 0 Å². The van der Waals surface area contributed by atoms with Crippen LogP contribution in [0.25, 0.3) is 21.8 Å². The van der Waals surface area contributed by atoms with E-state index in [-0.39, 0.29) is 5.91 Å². The monoisotopic (exact) mass is 450 g/mol. The van der Waals surface area contributed by atoms with Gasteiger partial charge >= 0.3 is 0 Å². The summed E-state index contributed by atoms with van der Waals surface area (Å²) in [4.78, 5) is 17.4. The van der Waals surface area contributed by atoms with Gasteiger partial charge in [-0.2, -0.15) is 0 Å². The van der Waals surface area contributed by atoms with Crippen LogP contribution in [0, 0.1) is 0 Å². The number of aromatic nitrogens is 1. The van der Waals surface area contributed by atoms with Crippen LogP contribution in [0.5, 0.6) is 11.5 Å². The van der Waals surface area contributed by atoms with Gasteiger partial charge in [0, 0.05) is 32.8 Å². The van der Waals surface area contributed by atoms with E-state index in [4.69, 9.17) is 26.1 Å². The molecule has 0 bridgehead atoms. The first-order valence-corrected chi connectivity index (χ1v) is 10.7. The number of carbonyl (C=O) groups is 1. The number of carbonyl (C=O) groups excluding carboxylic acids is 1. The number of halogens is 1. The lowest BCUT2D eigenvalue weighted by atomic mass is 10.1. The van der Waals surface area contributed by atoms with Crippen molar-refractivity contribution in [3.8, 4) is 33.3 Å². The molecule has 0 saturated carbocycles. The Bertz CT molecular complexity index is 1220. The number of nitrogens with zero attached hydrogens (tertiary/aromatic N) is 1. The Hall–Kier alpha value is -3.35. The molecule has 1 heterocycles. The average Bonchev–Trinajstić information content (AvgIpc) is 3.29. The fraction of sp³-hybridized carbons (Fsp3) is 0.0833. The standard InChI is InChI=1S/C24H19ClN2O3S/c1-29-21-11-8-17(13-22(21)30-2)23(28)26-19-5-3-4-16(12-19)20-14-31-24(27-20)15-6-9-18(25)10-7-15/h3-14H,1-2H3,(H,26,28). The molecule has 3 aromatic carbocycles. The molecule has 0 aliphatic carbocycles. The van der Waals surface area contributed by atoms with Gasteiger partial charge in [0.2, 0.25) is 0 Å². The quantitative estimate of drug-likeness (QED) is 0.369. The maximum absolute atomic E-state index is 12.7. The number of nitrogens with one attached hydrogen (secondary N) is 1. The minimum Gasteiger partial charge on any atom is -0.493 e. The van der Waals surface area contributed by atoms with E-state index in [1.54, 1.807) is 36.6 Å². The SMILES string of the molecule is COc1ccc(C(=O)Nc2cccc(-c3csc(-c4ccc(Cl)cc4)n3)c2)cc1OC. The highest BCUT2D eigenvalue weighted by Gasteiger charge is 2.12. The van der Waals surface area contributed by atoms with E-state index in [9.17, 15) is 4.79 Å². The second kappa shape index (κ2) is 9.20. The zero-order chi connectivity index (χ0) is 21.8. The van der Waals surface area contributed by atoms with E-state index in [1.165, 1.54) is 7.11 Å². The number of amides is 1. The van der Waals surface area contributed by atoms with Crippen LogP contribution in [0.1, 0.15) is 10.4 Å². The molecular formula is C24H19ClN2O3S. The number of benzene rings is 3. The normalized spacial score (nSPS) is 10.5. The summed E-state index contributed by atoms with van der Waals surface area (Å²) in [5.41, 5.74) is 3.93. The minimum absolute atomic E-state index is 0.238. The van der Waals surface area contributed by atoms with Crippen molar-refractivity contribution in [3.63, 3.8) is 0 Å². The summed E-state index contributed by atoms with van der Waals surface area (Å²) >= 11 is 7.53. The van der Waals surface area contributed by atoms with Crippen molar-refractivity contribution in [2.45, 2.75) is 0 Å². The van der Waals surface area contributed by atoms with E-state index in [0.29, 0.717) is 27.8 Å². The Morgan fingerprint density at radius 3 is 2.45 bits per heavy atom. The van der Waals surface area contributed by atoms with Crippen molar-refractivity contribution in [2.24, 2.45) is 0 Å². The number of hydrogen-bond donors (Lipinski definition) is 1. The van der Waals surface area contributed by atoms with Crippen LogP contribution >= 0.6 is 22.9 Å². The number of rotatable bonds is 6. The van der Waals surface area contributed by atoms with Crippen molar-refractivity contribution < 1.29 is 14.3 Å². The lowest BCUT2D eigenvalue weighted by molar-refractivity contribution is 0.102. The van der Waals surface area contributed by atoms with Gasteiger partial charge in [-0.15, -0.1) is 11.3 Å². The summed E-state index contributed by atoms with van der Waals surface area (Å²) in [5.74, 6) is 0.834. The molecule has 0 radical (unpaired) electrons. The third kappa shape index (κ3) is 4.71. The van der Waals surface area contributed by atoms with Gasteiger partial charge in [0.15, 0.2) is 11.5 Å². The third-order valence-electron chi connectivity index (χ3n) is 4.66. The molecular weight excluding hydrogens is 432 g/mol. The molecule has 1 N–H and O–H groups in total. The van der Waals surface area contributed by atoms with Crippen molar-refractivity contribution in [2.75, 3.05) is 19.5 Å². The van der Waals surface area contributed by atoms with Crippen molar-refractivity contribution in [3.05, 3.63) is 82.7 Å². The molecule has 5 nitrogen and oxygen atoms in total. The van der Waals surface area contributed by atoms with Crippen LogP contribution in [-0.4, -0.2) is 25.1 Å². The zero-order valence-electron chi connectivity index (χ0n) is 16.9. The molecule has 0 unspecified atom stereocenters. The van der Waals surface area contributed by atoms with Crippen LogP contribution in [0.2, 0.25) is 5.02 Å². The predicted octanol–water partition coefficient (Wildman–Crippen LogP) is 6.40. The number of anilines is 1. The molecule has 1 aromatic heterocycles. The number of hydrogen-bond acceptors (Lipinski definition) is 5. The molecule has 4 rings (SSSR count). The van der Waals surface area contributed by atoms with Gasteiger partial charge in [-0.25, -0.2) is 4.98 Å².